The number of anilines is 1. The molecule has 2 aromatic rings. The average molecular weight is 329 g/mol. The lowest BCUT2D eigenvalue weighted by atomic mass is 10.3. The standard InChI is InChI=1S/C13H19N3O3S2/c1-13(2,3)21(18,19)7-6-20(17)12-15-10-5-4-9(14)8-11(10)16-12/h4-5,8H,6-7,14H2,1-3H3,(H,15,16). The highest BCUT2D eigenvalue weighted by Gasteiger charge is 2.29. The van der Waals surface area contributed by atoms with Gasteiger partial charge in [0.05, 0.1) is 32.3 Å². The smallest absolute Gasteiger partial charge is 0.197 e. The maximum absolute atomic E-state index is 12.2. The Morgan fingerprint density at radius 2 is 2.00 bits per heavy atom. The zero-order chi connectivity index (χ0) is 15.8. The average Bonchev–Trinajstić information content (AvgIpc) is 2.77. The summed E-state index contributed by atoms with van der Waals surface area (Å²) in [6, 6.07) is 5.14. The number of nitrogens with two attached hydrogens (primary N) is 1. The minimum absolute atomic E-state index is 0.0227. The molecule has 2 rings (SSSR count). The maximum Gasteiger partial charge on any atom is 0.197 e. The fraction of sp³-hybridized carbons (Fsp3) is 0.462. The topological polar surface area (TPSA) is 106 Å². The number of aromatic amines is 1. The molecule has 0 spiro atoms. The summed E-state index contributed by atoms with van der Waals surface area (Å²) < 4.78 is 35.4. The molecular formula is C13H19N3O3S2. The van der Waals surface area contributed by atoms with Crippen LogP contribution in [0.15, 0.2) is 23.4 Å². The van der Waals surface area contributed by atoms with Gasteiger partial charge in [0.25, 0.3) is 0 Å². The van der Waals surface area contributed by atoms with Gasteiger partial charge in [-0.05, 0) is 39.0 Å². The summed E-state index contributed by atoms with van der Waals surface area (Å²) in [6.07, 6.45) is 0. The normalized spacial score (nSPS) is 14.4. The Bertz CT molecular complexity index is 789. The number of imidazole rings is 1. The summed E-state index contributed by atoms with van der Waals surface area (Å²) >= 11 is 0. The van der Waals surface area contributed by atoms with Crippen molar-refractivity contribution < 1.29 is 12.6 Å². The highest BCUT2D eigenvalue weighted by molar-refractivity contribution is 7.94. The van der Waals surface area contributed by atoms with Crippen molar-refractivity contribution in [2.75, 3.05) is 17.2 Å². The lowest BCUT2D eigenvalue weighted by Gasteiger charge is -2.18. The van der Waals surface area contributed by atoms with E-state index in [1.807, 2.05) is 0 Å². The van der Waals surface area contributed by atoms with Crippen LogP contribution in [0.3, 0.4) is 0 Å². The second kappa shape index (κ2) is 5.42. The highest BCUT2D eigenvalue weighted by atomic mass is 32.2. The molecule has 6 nitrogen and oxygen atoms in total. The fourth-order valence-corrected chi connectivity index (χ4v) is 4.41. The van der Waals surface area contributed by atoms with Crippen molar-refractivity contribution in [1.82, 2.24) is 9.97 Å². The summed E-state index contributed by atoms with van der Waals surface area (Å²) in [5.41, 5.74) is 7.60. The largest absolute Gasteiger partial charge is 0.399 e. The van der Waals surface area contributed by atoms with E-state index in [0.29, 0.717) is 16.7 Å². The molecule has 1 unspecified atom stereocenters. The van der Waals surface area contributed by atoms with E-state index < -0.39 is 25.4 Å². The lowest BCUT2D eigenvalue weighted by molar-refractivity contribution is 0.561. The Morgan fingerprint density at radius 1 is 1.33 bits per heavy atom. The van der Waals surface area contributed by atoms with E-state index in [1.165, 1.54) is 0 Å². The maximum atomic E-state index is 12.2. The van der Waals surface area contributed by atoms with Crippen LogP contribution in [0.5, 0.6) is 0 Å². The third-order valence-corrected chi connectivity index (χ3v) is 7.24. The number of H-pyrrole nitrogens is 1. The van der Waals surface area contributed by atoms with Crippen LogP contribution in [-0.2, 0) is 20.6 Å². The predicted octanol–water partition coefficient (Wildman–Crippen LogP) is 1.47. The van der Waals surface area contributed by atoms with Crippen LogP contribution < -0.4 is 5.73 Å². The molecule has 0 saturated carbocycles. The Hall–Kier alpha value is -1.41. The number of nitrogen functional groups attached to an aromatic ring is 1. The fourth-order valence-electron chi connectivity index (χ4n) is 1.70. The minimum Gasteiger partial charge on any atom is -0.399 e. The van der Waals surface area contributed by atoms with Crippen molar-refractivity contribution in [3.63, 3.8) is 0 Å². The number of rotatable bonds is 4. The summed E-state index contributed by atoms with van der Waals surface area (Å²) in [5, 5.41) is 0.278. The van der Waals surface area contributed by atoms with Gasteiger partial charge in [-0.1, -0.05) is 0 Å². The Balaban J connectivity index is 2.16. The first-order valence-electron chi connectivity index (χ1n) is 6.46. The molecule has 0 aliphatic carbocycles. The molecule has 8 heteroatoms. The van der Waals surface area contributed by atoms with Gasteiger partial charge in [-0.3, -0.25) is 4.21 Å². The molecule has 1 aromatic carbocycles. The van der Waals surface area contributed by atoms with Gasteiger partial charge >= 0.3 is 0 Å². The van der Waals surface area contributed by atoms with E-state index in [4.69, 9.17) is 5.73 Å². The zero-order valence-corrected chi connectivity index (χ0v) is 13.8. The number of aromatic nitrogens is 2. The first-order valence-corrected chi connectivity index (χ1v) is 9.43. The van der Waals surface area contributed by atoms with Gasteiger partial charge in [0.1, 0.15) is 0 Å². The van der Waals surface area contributed by atoms with Crippen molar-refractivity contribution >= 4 is 37.4 Å². The number of sulfone groups is 1. The van der Waals surface area contributed by atoms with Gasteiger partial charge in [-0.25, -0.2) is 13.4 Å². The van der Waals surface area contributed by atoms with E-state index >= 15 is 0 Å². The van der Waals surface area contributed by atoms with Crippen molar-refractivity contribution in [2.24, 2.45) is 0 Å². The van der Waals surface area contributed by atoms with E-state index in [-0.39, 0.29) is 16.7 Å². The Kier molecular flexibility index (Phi) is 4.12. The summed E-state index contributed by atoms with van der Waals surface area (Å²) in [4.78, 5) is 7.14. The lowest BCUT2D eigenvalue weighted by Crippen LogP contribution is -2.32. The molecule has 0 radical (unpaired) electrons. The highest BCUT2D eigenvalue weighted by Crippen LogP contribution is 2.19. The van der Waals surface area contributed by atoms with E-state index in [9.17, 15) is 12.6 Å². The van der Waals surface area contributed by atoms with E-state index in [1.54, 1.807) is 39.0 Å². The summed E-state index contributed by atoms with van der Waals surface area (Å²) in [7, 11) is -4.78. The third kappa shape index (κ3) is 3.44. The van der Waals surface area contributed by atoms with Crippen LogP contribution in [0.1, 0.15) is 20.8 Å². The number of hydrogen-bond donors (Lipinski definition) is 2. The molecule has 3 N–H and O–H groups in total. The molecule has 0 fully saturated rings. The molecule has 0 amide bonds. The second-order valence-electron chi connectivity index (χ2n) is 5.80. The SMILES string of the molecule is CC(C)(C)S(=O)(=O)CCS(=O)c1nc2ccc(N)cc2[nH]1. The van der Waals surface area contributed by atoms with Crippen LogP contribution in [-0.4, -0.2) is 38.8 Å². The van der Waals surface area contributed by atoms with Crippen molar-refractivity contribution in [1.29, 1.82) is 0 Å². The first-order chi connectivity index (χ1) is 9.60. The summed E-state index contributed by atoms with van der Waals surface area (Å²) in [6.45, 7) is 4.90. The monoisotopic (exact) mass is 329 g/mol. The predicted molar refractivity (Wildman–Crippen MR) is 85.3 cm³/mol. The second-order valence-corrected chi connectivity index (χ2v) is 10.1. The van der Waals surface area contributed by atoms with Crippen LogP contribution in [0.2, 0.25) is 0 Å². The molecular weight excluding hydrogens is 310 g/mol. The molecule has 0 aliphatic heterocycles. The van der Waals surface area contributed by atoms with Crippen LogP contribution in [0.25, 0.3) is 11.0 Å². The number of nitrogens with zero attached hydrogens (tertiary/aromatic N) is 1. The van der Waals surface area contributed by atoms with Gasteiger partial charge in [0, 0.05) is 11.4 Å². The molecule has 21 heavy (non-hydrogen) atoms. The molecule has 116 valence electrons. The Morgan fingerprint density at radius 3 is 2.62 bits per heavy atom. The van der Waals surface area contributed by atoms with Gasteiger partial charge in [-0.2, -0.15) is 0 Å². The van der Waals surface area contributed by atoms with Gasteiger partial charge < -0.3 is 10.7 Å². The van der Waals surface area contributed by atoms with Crippen LogP contribution in [0.4, 0.5) is 5.69 Å². The Labute approximate surface area is 126 Å². The molecule has 0 aliphatic rings. The van der Waals surface area contributed by atoms with Crippen LogP contribution in [0, 0.1) is 0 Å². The molecule has 1 atom stereocenters. The summed E-state index contributed by atoms with van der Waals surface area (Å²) in [5.74, 6) is -0.114. The van der Waals surface area contributed by atoms with E-state index in [0.717, 1.165) is 0 Å². The molecule has 1 aromatic heterocycles. The van der Waals surface area contributed by atoms with Crippen molar-refractivity contribution in [3.8, 4) is 0 Å². The molecule has 0 bridgehead atoms. The van der Waals surface area contributed by atoms with Gasteiger partial charge in [-0.15, -0.1) is 0 Å². The molecule has 1 heterocycles. The number of fused-ring (bicyclic) bond motifs is 1. The number of benzene rings is 1. The number of nitrogens with one attached hydrogen (secondary N) is 1. The third-order valence-electron chi connectivity index (χ3n) is 3.17. The first kappa shape index (κ1) is 16.0. The quantitative estimate of drug-likeness (QED) is 0.826. The zero-order valence-electron chi connectivity index (χ0n) is 12.2. The van der Waals surface area contributed by atoms with Gasteiger partial charge in [0.2, 0.25) is 0 Å². The molecule has 0 saturated heterocycles. The van der Waals surface area contributed by atoms with Crippen molar-refractivity contribution in [3.05, 3.63) is 18.2 Å². The van der Waals surface area contributed by atoms with E-state index in [2.05, 4.69) is 9.97 Å². The number of hydrogen-bond acceptors (Lipinski definition) is 5. The van der Waals surface area contributed by atoms with Crippen molar-refractivity contribution in [2.45, 2.75) is 30.7 Å². The van der Waals surface area contributed by atoms with Crippen LogP contribution >= 0.6 is 0 Å². The minimum atomic E-state index is -3.29. The van der Waals surface area contributed by atoms with Gasteiger partial charge in [0.15, 0.2) is 15.0 Å².